The standard InChI is InChI=1S/C21H29N7O2.HI/c1-22-21(24-17-7-8-19-25-18(14-30-2)26-28(19)13-17)23-11-20(29)27-10-9-15-5-3-4-6-16(15)12-27;/h3-6,17H,7-14H2,1-2H3,(H2,22,23,24);1H. The summed E-state index contributed by atoms with van der Waals surface area (Å²) in [6.45, 7) is 2.78. The van der Waals surface area contributed by atoms with Crippen molar-refractivity contribution in [2.75, 3.05) is 27.2 Å². The summed E-state index contributed by atoms with van der Waals surface area (Å²) in [5, 5.41) is 11.1. The molecule has 0 saturated carbocycles. The SMILES string of the molecule is CN=C(NCC(=O)N1CCc2ccccc2C1)NC1CCc2nc(COC)nn2C1.I. The second-order valence-corrected chi connectivity index (χ2v) is 7.70. The average molecular weight is 539 g/mol. The van der Waals surface area contributed by atoms with Gasteiger partial charge in [-0.2, -0.15) is 5.10 Å². The predicted octanol–water partition coefficient (Wildman–Crippen LogP) is 1.11. The fourth-order valence-corrected chi connectivity index (χ4v) is 4.04. The first kappa shape index (κ1) is 23.5. The molecule has 2 aromatic rings. The highest BCUT2D eigenvalue weighted by molar-refractivity contribution is 14.0. The minimum absolute atomic E-state index is 0. The van der Waals surface area contributed by atoms with Crippen molar-refractivity contribution in [3.8, 4) is 0 Å². The third-order valence-corrected chi connectivity index (χ3v) is 5.63. The van der Waals surface area contributed by atoms with Crippen LogP contribution in [0.3, 0.4) is 0 Å². The maximum absolute atomic E-state index is 12.7. The van der Waals surface area contributed by atoms with E-state index in [1.54, 1.807) is 14.2 Å². The number of amides is 1. The number of methoxy groups -OCH3 is 1. The monoisotopic (exact) mass is 539 g/mol. The number of ether oxygens (including phenoxy) is 1. The van der Waals surface area contributed by atoms with Crippen LogP contribution in [0.15, 0.2) is 29.3 Å². The number of aryl methyl sites for hydroxylation is 1. The summed E-state index contributed by atoms with van der Waals surface area (Å²) in [6, 6.07) is 8.50. The van der Waals surface area contributed by atoms with Gasteiger partial charge in [0.05, 0.1) is 13.1 Å². The van der Waals surface area contributed by atoms with E-state index in [2.05, 4.69) is 43.9 Å². The van der Waals surface area contributed by atoms with E-state index in [-0.39, 0.29) is 42.5 Å². The van der Waals surface area contributed by atoms with Crippen molar-refractivity contribution in [2.45, 2.75) is 45.0 Å². The fourth-order valence-electron chi connectivity index (χ4n) is 4.04. The van der Waals surface area contributed by atoms with Gasteiger partial charge < -0.3 is 20.3 Å². The van der Waals surface area contributed by atoms with Crippen LogP contribution in [0, 0.1) is 0 Å². The smallest absolute Gasteiger partial charge is 0.242 e. The fraction of sp³-hybridized carbons (Fsp3) is 0.524. The number of carbonyl (C=O) groups is 1. The maximum atomic E-state index is 12.7. The van der Waals surface area contributed by atoms with E-state index >= 15 is 0 Å². The van der Waals surface area contributed by atoms with Gasteiger partial charge >= 0.3 is 0 Å². The van der Waals surface area contributed by atoms with E-state index in [1.165, 1.54) is 11.1 Å². The molecule has 0 aliphatic carbocycles. The molecule has 2 aliphatic heterocycles. The summed E-state index contributed by atoms with van der Waals surface area (Å²) in [5.41, 5.74) is 2.57. The Kier molecular flexibility index (Phi) is 8.24. The molecule has 0 spiro atoms. The van der Waals surface area contributed by atoms with Crippen LogP contribution in [0.4, 0.5) is 0 Å². The summed E-state index contributed by atoms with van der Waals surface area (Å²) >= 11 is 0. The van der Waals surface area contributed by atoms with Crippen molar-refractivity contribution in [1.82, 2.24) is 30.3 Å². The molecule has 0 saturated heterocycles. The molecule has 3 heterocycles. The number of rotatable bonds is 5. The van der Waals surface area contributed by atoms with Gasteiger partial charge in [0.2, 0.25) is 5.91 Å². The molecule has 0 bridgehead atoms. The van der Waals surface area contributed by atoms with E-state index < -0.39 is 0 Å². The third kappa shape index (κ3) is 5.73. The Bertz CT molecular complexity index is 930. The van der Waals surface area contributed by atoms with Crippen LogP contribution in [0.1, 0.15) is 29.2 Å². The summed E-state index contributed by atoms with van der Waals surface area (Å²) in [5.74, 6) is 2.42. The van der Waals surface area contributed by atoms with Gasteiger partial charge in [0.25, 0.3) is 0 Å². The largest absolute Gasteiger partial charge is 0.377 e. The first-order chi connectivity index (χ1) is 14.7. The summed E-state index contributed by atoms with van der Waals surface area (Å²) < 4.78 is 7.05. The molecule has 10 heteroatoms. The average Bonchev–Trinajstić information content (AvgIpc) is 3.18. The Morgan fingerprint density at radius 2 is 2.10 bits per heavy atom. The minimum atomic E-state index is 0. The molecule has 0 fully saturated rings. The molecule has 0 radical (unpaired) electrons. The highest BCUT2D eigenvalue weighted by atomic mass is 127. The van der Waals surface area contributed by atoms with Crippen LogP contribution in [-0.2, 0) is 42.1 Å². The van der Waals surface area contributed by atoms with Crippen LogP contribution in [0.25, 0.3) is 0 Å². The zero-order chi connectivity index (χ0) is 20.9. The molecule has 2 aliphatic rings. The Hall–Kier alpha value is -2.21. The third-order valence-electron chi connectivity index (χ3n) is 5.63. The molecule has 4 rings (SSSR count). The topological polar surface area (TPSA) is 96.7 Å². The number of carbonyl (C=O) groups excluding carboxylic acids is 1. The number of aromatic nitrogens is 3. The van der Waals surface area contributed by atoms with Crippen molar-refractivity contribution < 1.29 is 9.53 Å². The molecule has 2 N–H and O–H groups in total. The van der Waals surface area contributed by atoms with Crippen molar-refractivity contribution in [1.29, 1.82) is 0 Å². The molecule has 1 unspecified atom stereocenters. The second-order valence-electron chi connectivity index (χ2n) is 7.70. The van der Waals surface area contributed by atoms with Gasteiger partial charge in [-0.1, -0.05) is 24.3 Å². The number of guanidine groups is 1. The maximum Gasteiger partial charge on any atom is 0.242 e. The number of benzene rings is 1. The van der Waals surface area contributed by atoms with Crippen molar-refractivity contribution in [2.24, 2.45) is 4.99 Å². The molecule has 1 amide bonds. The van der Waals surface area contributed by atoms with Crippen LogP contribution in [0.5, 0.6) is 0 Å². The van der Waals surface area contributed by atoms with Gasteiger partial charge in [-0.15, -0.1) is 24.0 Å². The minimum Gasteiger partial charge on any atom is -0.377 e. The first-order valence-corrected chi connectivity index (χ1v) is 10.4. The first-order valence-electron chi connectivity index (χ1n) is 10.4. The number of hydrogen-bond acceptors (Lipinski definition) is 5. The highest BCUT2D eigenvalue weighted by Gasteiger charge is 2.23. The van der Waals surface area contributed by atoms with Crippen molar-refractivity contribution >= 4 is 35.8 Å². The number of nitrogens with zero attached hydrogens (tertiary/aromatic N) is 5. The zero-order valence-corrected chi connectivity index (χ0v) is 20.3. The lowest BCUT2D eigenvalue weighted by Crippen LogP contribution is -2.50. The van der Waals surface area contributed by atoms with Gasteiger partial charge in [-0.05, 0) is 24.0 Å². The normalized spacial score (nSPS) is 17.9. The lowest BCUT2D eigenvalue weighted by Gasteiger charge is -2.29. The van der Waals surface area contributed by atoms with Crippen LogP contribution >= 0.6 is 24.0 Å². The number of hydrogen-bond donors (Lipinski definition) is 2. The van der Waals surface area contributed by atoms with E-state index in [0.717, 1.165) is 31.6 Å². The number of fused-ring (bicyclic) bond motifs is 2. The van der Waals surface area contributed by atoms with E-state index in [1.807, 2.05) is 15.6 Å². The summed E-state index contributed by atoms with van der Waals surface area (Å²) in [7, 11) is 3.36. The second kappa shape index (κ2) is 10.9. The van der Waals surface area contributed by atoms with E-state index in [4.69, 9.17) is 4.74 Å². The number of nitrogens with one attached hydrogen (secondary N) is 2. The molecule has 1 atom stereocenters. The lowest BCUT2D eigenvalue weighted by atomic mass is 10.00. The van der Waals surface area contributed by atoms with E-state index in [0.29, 0.717) is 31.5 Å². The molecule has 168 valence electrons. The van der Waals surface area contributed by atoms with Crippen molar-refractivity contribution in [3.63, 3.8) is 0 Å². The zero-order valence-electron chi connectivity index (χ0n) is 18.0. The molecule has 9 nitrogen and oxygen atoms in total. The van der Waals surface area contributed by atoms with Crippen LogP contribution in [0.2, 0.25) is 0 Å². The number of aliphatic imine (C=N–C) groups is 1. The van der Waals surface area contributed by atoms with Gasteiger partial charge in [0, 0.05) is 39.7 Å². The molecule has 31 heavy (non-hydrogen) atoms. The predicted molar refractivity (Wildman–Crippen MR) is 128 cm³/mol. The van der Waals surface area contributed by atoms with Crippen molar-refractivity contribution in [3.05, 3.63) is 47.0 Å². The molecular formula is C21H30IN7O2. The van der Waals surface area contributed by atoms with Gasteiger partial charge in [-0.3, -0.25) is 9.79 Å². The molecular weight excluding hydrogens is 509 g/mol. The number of halogens is 1. The van der Waals surface area contributed by atoms with Gasteiger partial charge in [0.15, 0.2) is 11.8 Å². The van der Waals surface area contributed by atoms with Crippen LogP contribution < -0.4 is 10.6 Å². The highest BCUT2D eigenvalue weighted by Crippen LogP contribution is 2.18. The van der Waals surface area contributed by atoms with Gasteiger partial charge in [0.1, 0.15) is 12.4 Å². The van der Waals surface area contributed by atoms with Crippen LogP contribution in [-0.4, -0.2) is 64.8 Å². The quantitative estimate of drug-likeness (QED) is 0.336. The Labute approximate surface area is 199 Å². The Balaban J connectivity index is 0.00000272. The van der Waals surface area contributed by atoms with Gasteiger partial charge in [-0.25, -0.2) is 9.67 Å². The summed E-state index contributed by atoms with van der Waals surface area (Å²) in [6.07, 6.45) is 2.68. The molecule has 1 aromatic heterocycles. The lowest BCUT2D eigenvalue weighted by molar-refractivity contribution is -0.130. The molecule has 1 aromatic carbocycles. The summed E-state index contributed by atoms with van der Waals surface area (Å²) in [4.78, 5) is 23.4. The Morgan fingerprint density at radius 1 is 1.29 bits per heavy atom. The van der Waals surface area contributed by atoms with E-state index in [9.17, 15) is 4.79 Å². The Morgan fingerprint density at radius 3 is 2.87 bits per heavy atom.